The average molecular weight is 349 g/mol. The lowest BCUT2D eigenvalue weighted by Crippen LogP contribution is -2.00. The largest absolute Gasteiger partial charge is 0.494 e. The Kier molecular flexibility index (Phi) is 3.86. The summed E-state index contributed by atoms with van der Waals surface area (Å²) in [7, 11) is 0. The van der Waals surface area contributed by atoms with Crippen molar-refractivity contribution in [2.75, 3.05) is 6.61 Å². The summed E-state index contributed by atoms with van der Waals surface area (Å²) in [6, 6.07) is 17.1. The Bertz CT molecular complexity index is 1070. The standard InChI is InChI=1S/C20H15NO3S/c1-2-24-13-7-8-16-14(10-13)15(20(22)23)11-17(21-16)19-9-12-5-3-4-6-18(12)25-19/h3-11H,2H2,1H3,(H,22,23). The van der Waals surface area contributed by atoms with Gasteiger partial charge >= 0.3 is 5.97 Å². The van der Waals surface area contributed by atoms with Crippen LogP contribution < -0.4 is 4.74 Å². The summed E-state index contributed by atoms with van der Waals surface area (Å²) in [5, 5.41) is 11.4. The van der Waals surface area contributed by atoms with Crippen LogP contribution in [0.1, 0.15) is 17.3 Å². The molecule has 2 heterocycles. The van der Waals surface area contributed by atoms with E-state index in [1.807, 2.05) is 43.3 Å². The van der Waals surface area contributed by atoms with Gasteiger partial charge in [0.25, 0.3) is 0 Å². The quantitative estimate of drug-likeness (QED) is 0.549. The SMILES string of the molecule is CCOc1ccc2nc(-c3cc4ccccc4s3)cc(C(=O)O)c2c1. The van der Waals surface area contributed by atoms with Crippen LogP contribution in [0.25, 0.3) is 31.6 Å². The van der Waals surface area contributed by atoms with Crippen LogP contribution in [0.3, 0.4) is 0 Å². The number of rotatable bonds is 4. The monoisotopic (exact) mass is 349 g/mol. The molecule has 0 spiro atoms. The van der Waals surface area contributed by atoms with E-state index in [1.165, 1.54) is 0 Å². The fourth-order valence-corrected chi connectivity index (χ4v) is 3.90. The van der Waals surface area contributed by atoms with E-state index in [1.54, 1.807) is 23.5 Å². The number of carboxylic acid groups (broad SMARTS) is 1. The van der Waals surface area contributed by atoms with Crippen molar-refractivity contribution < 1.29 is 14.6 Å². The van der Waals surface area contributed by atoms with Crippen molar-refractivity contribution in [2.45, 2.75) is 6.92 Å². The smallest absolute Gasteiger partial charge is 0.336 e. The van der Waals surface area contributed by atoms with Crippen molar-refractivity contribution in [3.05, 3.63) is 60.2 Å². The first-order valence-corrected chi connectivity index (χ1v) is 8.77. The topological polar surface area (TPSA) is 59.4 Å². The Morgan fingerprint density at radius 2 is 2.00 bits per heavy atom. The van der Waals surface area contributed by atoms with Gasteiger partial charge in [-0.1, -0.05) is 18.2 Å². The molecule has 0 bridgehead atoms. The summed E-state index contributed by atoms with van der Waals surface area (Å²) in [6.07, 6.45) is 0. The lowest BCUT2D eigenvalue weighted by atomic mass is 10.1. The number of carboxylic acids is 1. The molecule has 0 amide bonds. The second-order valence-electron chi connectivity index (χ2n) is 5.62. The van der Waals surface area contributed by atoms with Crippen LogP contribution in [0, 0.1) is 0 Å². The zero-order chi connectivity index (χ0) is 17.4. The Morgan fingerprint density at radius 3 is 2.76 bits per heavy atom. The van der Waals surface area contributed by atoms with E-state index in [9.17, 15) is 9.90 Å². The van der Waals surface area contributed by atoms with Crippen LogP contribution in [0.15, 0.2) is 54.6 Å². The number of nitrogens with zero attached hydrogens (tertiary/aromatic N) is 1. The second-order valence-corrected chi connectivity index (χ2v) is 6.70. The maximum Gasteiger partial charge on any atom is 0.336 e. The summed E-state index contributed by atoms with van der Waals surface area (Å²) >= 11 is 1.61. The molecule has 0 saturated heterocycles. The van der Waals surface area contributed by atoms with Crippen molar-refractivity contribution in [1.29, 1.82) is 0 Å². The number of ether oxygens (including phenoxy) is 1. The van der Waals surface area contributed by atoms with Crippen molar-refractivity contribution in [2.24, 2.45) is 0 Å². The second kappa shape index (κ2) is 6.18. The number of aromatic nitrogens is 1. The van der Waals surface area contributed by atoms with Gasteiger partial charge < -0.3 is 9.84 Å². The van der Waals surface area contributed by atoms with E-state index < -0.39 is 5.97 Å². The predicted octanol–water partition coefficient (Wildman–Crippen LogP) is 5.21. The van der Waals surface area contributed by atoms with Gasteiger partial charge in [0, 0.05) is 10.1 Å². The predicted molar refractivity (Wildman–Crippen MR) is 101 cm³/mol. The molecule has 0 unspecified atom stereocenters. The minimum absolute atomic E-state index is 0.235. The van der Waals surface area contributed by atoms with E-state index in [2.05, 4.69) is 11.1 Å². The molecule has 2 aromatic carbocycles. The van der Waals surface area contributed by atoms with Crippen molar-refractivity contribution in [3.8, 4) is 16.3 Å². The number of benzene rings is 2. The number of aromatic carboxylic acids is 1. The maximum absolute atomic E-state index is 11.8. The van der Waals surface area contributed by atoms with E-state index in [0.29, 0.717) is 29.0 Å². The number of fused-ring (bicyclic) bond motifs is 2. The molecule has 0 aliphatic rings. The molecule has 0 saturated carbocycles. The summed E-state index contributed by atoms with van der Waals surface area (Å²) in [5.74, 6) is -0.322. The molecule has 0 fully saturated rings. The Labute approximate surface area is 148 Å². The van der Waals surface area contributed by atoms with Gasteiger partial charge in [-0.15, -0.1) is 11.3 Å². The van der Waals surface area contributed by atoms with E-state index >= 15 is 0 Å². The van der Waals surface area contributed by atoms with E-state index in [0.717, 1.165) is 15.0 Å². The molecule has 2 aromatic heterocycles. The van der Waals surface area contributed by atoms with Gasteiger partial charge in [0.1, 0.15) is 5.75 Å². The molecule has 0 atom stereocenters. The van der Waals surface area contributed by atoms with Crippen molar-refractivity contribution >= 4 is 38.3 Å². The fourth-order valence-electron chi connectivity index (χ4n) is 2.87. The molecule has 25 heavy (non-hydrogen) atoms. The zero-order valence-electron chi connectivity index (χ0n) is 13.5. The summed E-state index contributed by atoms with van der Waals surface area (Å²) in [6.45, 7) is 2.42. The summed E-state index contributed by atoms with van der Waals surface area (Å²) < 4.78 is 6.64. The van der Waals surface area contributed by atoms with Gasteiger partial charge in [0.2, 0.25) is 0 Å². The molecule has 4 rings (SSSR count). The molecule has 0 aliphatic heterocycles. The molecule has 124 valence electrons. The number of pyridine rings is 1. The Balaban J connectivity index is 1.92. The molecular formula is C20H15NO3S. The highest BCUT2D eigenvalue weighted by Crippen LogP contribution is 2.35. The molecule has 0 aliphatic carbocycles. The van der Waals surface area contributed by atoms with Crippen LogP contribution in [-0.4, -0.2) is 22.7 Å². The zero-order valence-corrected chi connectivity index (χ0v) is 14.3. The van der Waals surface area contributed by atoms with Crippen molar-refractivity contribution in [3.63, 3.8) is 0 Å². The van der Waals surface area contributed by atoms with Gasteiger partial charge in [-0.25, -0.2) is 9.78 Å². The minimum Gasteiger partial charge on any atom is -0.494 e. The Morgan fingerprint density at radius 1 is 1.16 bits per heavy atom. The molecule has 4 nitrogen and oxygen atoms in total. The number of carbonyl (C=O) groups is 1. The van der Waals surface area contributed by atoms with E-state index in [4.69, 9.17) is 4.74 Å². The van der Waals surface area contributed by atoms with Gasteiger partial charge in [-0.2, -0.15) is 0 Å². The molecule has 4 aromatic rings. The van der Waals surface area contributed by atoms with Gasteiger partial charge in [0.15, 0.2) is 0 Å². The number of thiophene rings is 1. The molecule has 0 radical (unpaired) electrons. The highest BCUT2D eigenvalue weighted by Gasteiger charge is 2.15. The molecule has 1 N–H and O–H groups in total. The summed E-state index contributed by atoms with van der Waals surface area (Å²) in [5.41, 5.74) is 1.56. The first-order chi connectivity index (χ1) is 12.2. The normalized spacial score (nSPS) is 11.1. The lowest BCUT2D eigenvalue weighted by molar-refractivity contribution is 0.0699. The van der Waals surface area contributed by atoms with Crippen molar-refractivity contribution in [1.82, 2.24) is 4.98 Å². The van der Waals surface area contributed by atoms with Crippen LogP contribution in [0.5, 0.6) is 5.75 Å². The third-order valence-electron chi connectivity index (χ3n) is 4.00. The van der Waals surface area contributed by atoms with E-state index in [-0.39, 0.29) is 5.56 Å². The average Bonchev–Trinajstić information content (AvgIpc) is 3.05. The van der Waals surface area contributed by atoms with Gasteiger partial charge in [-0.3, -0.25) is 0 Å². The third-order valence-corrected chi connectivity index (χ3v) is 5.14. The highest BCUT2D eigenvalue weighted by molar-refractivity contribution is 7.22. The first-order valence-electron chi connectivity index (χ1n) is 7.95. The molecule has 5 heteroatoms. The lowest BCUT2D eigenvalue weighted by Gasteiger charge is -2.08. The number of hydrogen-bond acceptors (Lipinski definition) is 4. The van der Waals surface area contributed by atoms with Crippen LogP contribution >= 0.6 is 11.3 Å². The van der Waals surface area contributed by atoms with Crippen LogP contribution in [0.4, 0.5) is 0 Å². The van der Waals surface area contributed by atoms with Gasteiger partial charge in [-0.05, 0) is 48.7 Å². The maximum atomic E-state index is 11.8. The van der Waals surface area contributed by atoms with Gasteiger partial charge in [0.05, 0.1) is 28.3 Å². The minimum atomic E-state index is -0.969. The fraction of sp³-hybridized carbons (Fsp3) is 0.100. The third kappa shape index (κ3) is 2.83. The van der Waals surface area contributed by atoms with Crippen LogP contribution in [-0.2, 0) is 0 Å². The highest BCUT2D eigenvalue weighted by atomic mass is 32.1. The first kappa shape index (κ1) is 15.6. The molecular weight excluding hydrogens is 334 g/mol. The number of hydrogen-bond donors (Lipinski definition) is 1. The summed E-state index contributed by atoms with van der Waals surface area (Å²) in [4.78, 5) is 17.4. The van der Waals surface area contributed by atoms with Crippen LogP contribution in [0.2, 0.25) is 0 Å². The Hall–Kier alpha value is -2.92.